The molecule has 104 valence electrons. The Morgan fingerprint density at radius 1 is 1.28 bits per heavy atom. The van der Waals surface area contributed by atoms with Gasteiger partial charge < -0.3 is 9.84 Å². The van der Waals surface area contributed by atoms with Crippen molar-refractivity contribution in [3.05, 3.63) is 0 Å². The van der Waals surface area contributed by atoms with Crippen LogP contribution >= 0.6 is 11.8 Å². The molecule has 0 bridgehead atoms. The van der Waals surface area contributed by atoms with Crippen molar-refractivity contribution in [3.8, 4) is 0 Å². The molecular formula is C12H20O5S. The van der Waals surface area contributed by atoms with Gasteiger partial charge in [-0.25, -0.2) is 0 Å². The lowest BCUT2D eigenvalue weighted by atomic mass is 10.1. The number of hydrogen-bond donors (Lipinski definition) is 1. The molecule has 5 nitrogen and oxygen atoms in total. The third-order valence-electron chi connectivity index (χ3n) is 2.20. The van der Waals surface area contributed by atoms with Gasteiger partial charge in [0.25, 0.3) is 0 Å². The third kappa shape index (κ3) is 10.1. The highest BCUT2D eigenvalue weighted by Crippen LogP contribution is 2.21. The lowest BCUT2D eigenvalue weighted by Gasteiger charge is -2.11. The summed E-state index contributed by atoms with van der Waals surface area (Å²) < 4.78 is 4.79. The van der Waals surface area contributed by atoms with E-state index in [-0.39, 0.29) is 22.8 Å². The summed E-state index contributed by atoms with van der Waals surface area (Å²) >= 11 is 1.06. The predicted molar refractivity (Wildman–Crippen MR) is 69.4 cm³/mol. The van der Waals surface area contributed by atoms with Gasteiger partial charge >= 0.3 is 11.9 Å². The van der Waals surface area contributed by atoms with Crippen LogP contribution in [-0.4, -0.2) is 34.0 Å². The fourth-order valence-electron chi connectivity index (χ4n) is 1.51. The van der Waals surface area contributed by atoms with Crippen molar-refractivity contribution in [1.29, 1.82) is 0 Å². The summed E-state index contributed by atoms with van der Waals surface area (Å²) in [4.78, 5) is 32.6. The average molecular weight is 276 g/mol. The summed E-state index contributed by atoms with van der Waals surface area (Å²) in [6.07, 6.45) is 2.32. The molecule has 0 radical (unpaired) electrons. The summed E-state index contributed by atoms with van der Waals surface area (Å²) in [6.45, 7) is 3.56. The van der Waals surface area contributed by atoms with E-state index in [1.54, 1.807) is 6.92 Å². The minimum Gasteiger partial charge on any atom is -0.481 e. The molecule has 0 unspecified atom stereocenters. The van der Waals surface area contributed by atoms with Crippen molar-refractivity contribution in [3.63, 3.8) is 0 Å². The molecule has 1 atom stereocenters. The van der Waals surface area contributed by atoms with E-state index in [0.29, 0.717) is 25.9 Å². The summed E-state index contributed by atoms with van der Waals surface area (Å²) in [5, 5.41) is 8.43. The molecule has 0 aromatic rings. The number of carbonyl (C=O) groups is 3. The van der Waals surface area contributed by atoms with Crippen LogP contribution in [0.5, 0.6) is 0 Å². The van der Waals surface area contributed by atoms with Crippen LogP contribution in [0.3, 0.4) is 0 Å². The number of hydrogen-bond acceptors (Lipinski definition) is 5. The summed E-state index contributed by atoms with van der Waals surface area (Å²) in [5.74, 6) is -1.13. The number of rotatable bonds is 9. The van der Waals surface area contributed by atoms with Gasteiger partial charge in [-0.1, -0.05) is 18.2 Å². The van der Waals surface area contributed by atoms with E-state index >= 15 is 0 Å². The number of carboxylic acid groups (broad SMARTS) is 1. The molecule has 0 aliphatic rings. The number of carboxylic acids is 1. The largest absolute Gasteiger partial charge is 0.481 e. The predicted octanol–water partition coefficient (Wildman–Crippen LogP) is 2.23. The van der Waals surface area contributed by atoms with Crippen LogP contribution in [0.25, 0.3) is 0 Å². The normalized spacial score (nSPS) is 11.9. The lowest BCUT2D eigenvalue weighted by molar-refractivity contribution is -0.143. The molecule has 0 spiro atoms. The minimum absolute atomic E-state index is 0.0242. The Morgan fingerprint density at radius 3 is 2.44 bits per heavy atom. The molecule has 0 saturated carbocycles. The standard InChI is InChI=1S/C12H20O5S/c1-3-17-12(16)7-5-4-6-10(8-11(14)15)18-9(2)13/h10H,3-8H2,1-2H3,(H,14,15)/t10-/m1/s1. The van der Waals surface area contributed by atoms with E-state index in [1.165, 1.54) is 6.92 Å². The zero-order chi connectivity index (χ0) is 14.0. The molecule has 0 fully saturated rings. The lowest BCUT2D eigenvalue weighted by Crippen LogP contribution is -2.12. The van der Waals surface area contributed by atoms with Gasteiger partial charge in [0.2, 0.25) is 0 Å². The first-order valence-electron chi connectivity index (χ1n) is 6.00. The Labute approximate surface area is 111 Å². The molecule has 0 aliphatic heterocycles. The molecule has 0 aliphatic carbocycles. The van der Waals surface area contributed by atoms with E-state index in [9.17, 15) is 14.4 Å². The van der Waals surface area contributed by atoms with E-state index in [4.69, 9.17) is 9.84 Å². The first-order valence-corrected chi connectivity index (χ1v) is 6.88. The molecule has 18 heavy (non-hydrogen) atoms. The van der Waals surface area contributed by atoms with Gasteiger partial charge in [0.1, 0.15) is 0 Å². The highest BCUT2D eigenvalue weighted by molar-refractivity contribution is 8.14. The van der Waals surface area contributed by atoms with Crippen molar-refractivity contribution in [2.75, 3.05) is 6.61 Å². The van der Waals surface area contributed by atoms with Crippen LogP contribution in [0, 0.1) is 0 Å². The quantitative estimate of drug-likeness (QED) is 0.514. The molecule has 1 N–H and O–H groups in total. The van der Waals surface area contributed by atoms with Crippen LogP contribution in [0.4, 0.5) is 0 Å². The van der Waals surface area contributed by atoms with Gasteiger partial charge in [-0.15, -0.1) is 0 Å². The number of ether oxygens (including phenoxy) is 1. The summed E-state index contributed by atoms with van der Waals surface area (Å²) in [7, 11) is 0. The summed E-state index contributed by atoms with van der Waals surface area (Å²) in [6, 6.07) is 0. The minimum atomic E-state index is -0.904. The molecule has 0 saturated heterocycles. The molecule has 6 heteroatoms. The number of thioether (sulfide) groups is 1. The van der Waals surface area contributed by atoms with Gasteiger partial charge in [0.15, 0.2) is 5.12 Å². The monoisotopic (exact) mass is 276 g/mol. The van der Waals surface area contributed by atoms with Crippen molar-refractivity contribution in [2.24, 2.45) is 0 Å². The molecule has 0 heterocycles. The number of esters is 1. The first kappa shape index (κ1) is 17.0. The topological polar surface area (TPSA) is 80.7 Å². The van der Waals surface area contributed by atoms with E-state index in [0.717, 1.165) is 18.2 Å². The number of carbonyl (C=O) groups excluding carboxylic acids is 2. The first-order chi connectivity index (χ1) is 8.45. The smallest absolute Gasteiger partial charge is 0.305 e. The van der Waals surface area contributed by atoms with Crippen LogP contribution < -0.4 is 0 Å². The van der Waals surface area contributed by atoms with Gasteiger partial charge in [0.05, 0.1) is 13.0 Å². The van der Waals surface area contributed by atoms with E-state index < -0.39 is 5.97 Å². The fourth-order valence-corrected chi connectivity index (χ4v) is 2.49. The van der Waals surface area contributed by atoms with Crippen LogP contribution in [0.15, 0.2) is 0 Å². The fraction of sp³-hybridized carbons (Fsp3) is 0.750. The Hall–Kier alpha value is -1.04. The second-order valence-corrected chi connectivity index (χ2v) is 5.36. The van der Waals surface area contributed by atoms with Crippen LogP contribution in [0.2, 0.25) is 0 Å². The van der Waals surface area contributed by atoms with Gasteiger partial charge in [0, 0.05) is 18.6 Å². The molecule has 0 amide bonds. The van der Waals surface area contributed by atoms with Crippen molar-refractivity contribution in [1.82, 2.24) is 0 Å². The van der Waals surface area contributed by atoms with Crippen molar-refractivity contribution in [2.45, 2.75) is 51.2 Å². The second-order valence-electron chi connectivity index (χ2n) is 3.88. The second kappa shape index (κ2) is 9.94. The zero-order valence-corrected chi connectivity index (χ0v) is 11.6. The maximum atomic E-state index is 11.1. The number of unbranched alkanes of at least 4 members (excludes halogenated alkanes) is 1. The molecule has 0 rings (SSSR count). The Kier molecular flexibility index (Phi) is 9.36. The third-order valence-corrected chi connectivity index (χ3v) is 3.26. The Balaban J connectivity index is 3.85. The SMILES string of the molecule is CCOC(=O)CCCC[C@H](CC(=O)O)SC(C)=O. The molecule has 0 aromatic heterocycles. The van der Waals surface area contributed by atoms with Gasteiger partial charge in [-0.2, -0.15) is 0 Å². The Morgan fingerprint density at radius 2 is 1.94 bits per heavy atom. The van der Waals surface area contributed by atoms with Crippen LogP contribution in [0.1, 0.15) is 46.0 Å². The molecule has 0 aromatic carbocycles. The van der Waals surface area contributed by atoms with Gasteiger partial charge in [-0.3, -0.25) is 14.4 Å². The number of aliphatic carboxylic acids is 1. The summed E-state index contributed by atoms with van der Waals surface area (Å²) in [5.41, 5.74) is 0. The highest BCUT2D eigenvalue weighted by atomic mass is 32.2. The zero-order valence-electron chi connectivity index (χ0n) is 10.8. The Bertz CT molecular complexity index is 274. The highest BCUT2D eigenvalue weighted by Gasteiger charge is 2.16. The average Bonchev–Trinajstić information content (AvgIpc) is 2.23. The van der Waals surface area contributed by atoms with Crippen LogP contribution in [-0.2, 0) is 19.1 Å². The van der Waals surface area contributed by atoms with Crippen molar-refractivity contribution >= 4 is 28.8 Å². The van der Waals surface area contributed by atoms with Crippen molar-refractivity contribution < 1.29 is 24.2 Å². The molecular weight excluding hydrogens is 256 g/mol. The van der Waals surface area contributed by atoms with E-state index in [2.05, 4.69) is 0 Å². The maximum absolute atomic E-state index is 11.1. The maximum Gasteiger partial charge on any atom is 0.305 e. The van der Waals surface area contributed by atoms with E-state index in [1.807, 2.05) is 0 Å². The van der Waals surface area contributed by atoms with Gasteiger partial charge in [-0.05, 0) is 19.8 Å².